The van der Waals surface area contributed by atoms with E-state index in [9.17, 15) is 4.39 Å². The summed E-state index contributed by atoms with van der Waals surface area (Å²) in [5.41, 5.74) is 5.67. The van der Waals surface area contributed by atoms with Crippen molar-refractivity contribution in [3.05, 3.63) is 29.6 Å². The second-order valence-electron chi connectivity index (χ2n) is 2.21. The molecule has 0 aromatic heterocycles. The molecule has 1 aromatic rings. The van der Waals surface area contributed by atoms with E-state index < -0.39 is 0 Å². The van der Waals surface area contributed by atoms with Gasteiger partial charge in [0.2, 0.25) is 0 Å². The molecule has 0 aliphatic rings. The lowest BCUT2D eigenvalue weighted by Gasteiger charge is -1.98. The molecule has 0 fully saturated rings. The van der Waals surface area contributed by atoms with Crippen molar-refractivity contribution in [2.24, 2.45) is 5.73 Å². The predicted molar refractivity (Wildman–Crippen MR) is 66.6 cm³/mol. The van der Waals surface area contributed by atoms with E-state index >= 15 is 0 Å². The van der Waals surface area contributed by atoms with Gasteiger partial charge in [0.1, 0.15) is 5.82 Å². The first-order valence-corrected chi connectivity index (χ1v) is 5.43. The molecule has 3 heteroatoms. The molecule has 0 bridgehead atoms. The lowest BCUT2D eigenvalue weighted by atomic mass is 10.2. The summed E-state index contributed by atoms with van der Waals surface area (Å²) in [5.74, 6) is -0.151. The third-order valence-electron chi connectivity index (χ3n) is 1.47. The summed E-state index contributed by atoms with van der Waals surface area (Å²) < 4.78 is 12.6. The molecular weight excluding hydrogens is 196 g/mol. The first-order chi connectivity index (χ1) is 6.74. The van der Waals surface area contributed by atoms with Crippen molar-refractivity contribution < 1.29 is 4.39 Å². The van der Waals surface area contributed by atoms with Crippen LogP contribution in [0.1, 0.15) is 26.3 Å². The van der Waals surface area contributed by atoms with Gasteiger partial charge in [0.15, 0.2) is 0 Å². The van der Waals surface area contributed by atoms with Gasteiger partial charge in [-0.3, -0.25) is 0 Å². The molecule has 0 saturated carbocycles. The van der Waals surface area contributed by atoms with Gasteiger partial charge in [0.05, 0.1) is 0 Å². The van der Waals surface area contributed by atoms with Crippen molar-refractivity contribution in [2.45, 2.75) is 27.2 Å². The van der Waals surface area contributed by atoms with Gasteiger partial charge >= 0.3 is 0 Å². The summed E-state index contributed by atoms with van der Waals surface area (Å²) in [6.45, 7) is 6.05. The monoisotopic (exact) mass is 217 g/mol. The highest BCUT2D eigenvalue weighted by Gasteiger charge is 1.95. The van der Waals surface area contributed by atoms with Crippen LogP contribution in [0.15, 0.2) is 18.2 Å². The van der Waals surface area contributed by atoms with Gasteiger partial charge in [-0.25, -0.2) is 4.39 Å². The molecule has 82 valence electrons. The van der Waals surface area contributed by atoms with Crippen LogP contribution in [0.4, 0.5) is 4.39 Å². The molecule has 1 rings (SSSR count). The Morgan fingerprint density at radius 1 is 1.29 bits per heavy atom. The topological polar surface area (TPSA) is 26.0 Å². The van der Waals surface area contributed by atoms with E-state index in [0.717, 1.165) is 6.42 Å². The SMILES string of the molecule is CC.CCc1ccc(F)c(P)c1.CN. The molecule has 1 unspecified atom stereocenters. The van der Waals surface area contributed by atoms with Gasteiger partial charge in [-0.1, -0.05) is 26.8 Å². The van der Waals surface area contributed by atoms with Gasteiger partial charge < -0.3 is 5.73 Å². The molecule has 1 aromatic carbocycles. The molecule has 0 saturated heterocycles. The minimum atomic E-state index is -0.151. The summed E-state index contributed by atoms with van der Waals surface area (Å²) in [4.78, 5) is 0. The fourth-order valence-corrected chi connectivity index (χ4v) is 1.12. The largest absolute Gasteiger partial charge is 0.333 e. The highest BCUT2D eigenvalue weighted by atomic mass is 31.0. The molecule has 2 N–H and O–H groups in total. The van der Waals surface area contributed by atoms with E-state index in [1.807, 2.05) is 26.0 Å². The Morgan fingerprint density at radius 3 is 2.14 bits per heavy atom. The zero-order valence-corrected chi connectivity index (χ0v) is 10.6. The highest BCUT2D eigenvalue weighted by molar-refractivity contribution is 7.27. The van der Waals surface area contributed by atoms with Crippen LogP contribution in [0, 0.1) is 5.82 Å². The van der Waals surface area contributed by atoms with Gasteiger partial charge in [-0.05, 0) is 31.2 Å². The summed E-state index contributed by atoms with van der Waals surface area (Å²) >= 11 is 0. The number of hydrogen-bond acceptors (Lipinski definition) is 1. The molecule has 1 nitrogen and oxygen atoms in total. The van der Waals surface area contributed by atoms with Crippen LogP contribution < -0.4 is 11.0 Å². The summed E-state index contributed by atoms with van der Waals surface area (Å²) in [6.07, 6.45) is 0.960. The van der Waals surface area contributed by atoms with E-state index in [1.165, 1.54) is 18.7 Å². The second-order valence-corrected chi connectivity index (χ2v) is 2.83. The van der Waals surface area contributed by atoms with Crippen LogP contribution in [0.5, 0.6) is 0 Å². The van der Waals surface area contributed by atoms with Gasteiger partial charge in [0.25, 0.3) is 0 Å². The van der Waals surface area contributed by atoms with Crippen LogP contribution >= 0.6 is 9.24 Å². The van der Waals surface area contributed by atoms with E-state index in [2.05, 4.69) is 21.9 Å². The second kappa shape index (κ2) is 10.6. The van der Waals surface area contributed by atoms with Crippen LogP contribution in [-0.4, -0.2) is 7.05 Å². The maximum Gasteiger partial charge on any atom is 0.130 e. The van der Waals surface area contributed by atoms with Crippen molar-refractivity contribution in [1.82, 2.24) is 0 Å². The normalized spacial score (nSPS) is 7.93. The Morgan fingerprint density at radius 2 is 1.79 bits per heavy atom. The molecule has 0 amide bonds. The first-order valence-electron chi connectivity index (χ1n) is 4.85. The number of nitrogens with two attached hydrogens (primary N) is 1. The van der Waals surface area contributed by atoms with Gasteiger partial charge in [-0.2, -0.15) is 0 Å². The number of halogens is 1. The Bertz CT molecular complexity index is 239. The van der Waals surface area contributed by atoms with E-state index in [4.69, 9.17) is 0 Å². The lowest BCUT2D eigenvalue weighted by Crippen LogP contribution is -1.98. The Labute approximate surface area is 89.1 Å². The van der Waals surface area contributed by atoms with Crippen molar-refractivity contribution in [3.8, 4) is 0 Å². The summed E-state index contributed by atoms with van der Waals surface area (Å²) in [6, 6.07) is 5.16. The molecule has 0 aliphatic heterocycles. The molecule has 0 spiro atoms. The van der Waals surface area contributed by atoms with Crippen LogP contribution in [0.2, 0.25) is 0 Å². The average Bonchev–Trinajstić information content (AvgIpc) is 2.28. The number of hydrogen-bond donors (Lipinski definition) is 1. The maximum absolute atomic E-state index is 12.6. The van der Waals surface area contributed by atoms with Crippen molar-refractivity contribution >= 4 is 14.5 Å². The summed E-state index contributed by atoms with van der Waals surface area (Å²) in [5, 5.41) is 0.652. The Kier molecular flexibility index (Phi) is 12.1. The number of aryl methyl sites for hydroxylation is 1. The molecular formula is C11H21FNP. The smallest absolute Gasteiger partial charge is 0.130 e. The Hall–Kier alpha value is -0.460. The fraction of sp³-hybridized carbons (Fsp3) is 0.455. The van der Waals surface area contributed by atoms with Crippen molar-refractivity contribution in [2.75, 3.05) is 7.05 Å². The van der Waals surface area contributed by atoms with Gasteiger partial charge in [0, 0.05) is 5.30 Å². The molecule has 0 aliphatic carbocycles. The molecule has 0 radical (unpaired) electrons. The highest BCUT2D eigenvalue weighted by Crippen LogP contribution is 2.03. The lowest BCUT2D eigenvalue weighted by molar-refractivity contribution is 0.636. The minimum Gasteiger partial charge on any atom is -0.333 e. The number of rotatable bonds is 1. The maximum atomic E-state index is 12.6. The third kappa shape index (κ3) is 6.06. The van der Waals surface area contributed by atoms with Crippen molar-refractivity contribution in [3.63, 3.8) is 0 Å². The van der Waals surface area contributed by atoms with E-state index in [0.29, 0.717) is 5.30 Å². The fourth-order valence-electron chi connectivity index (χ4n) is 0.813. The van der Waals surface area contributed by atoms with E-state index in [-0.39, 0.29) is 5.82 Å². The van der Waals surface area contributed by atoms with Gasteiger partial charge in [-0.15, -0.1) is 9.24 Å². The first kappa shape index (κ1) is 16.0. The predicted octanol–water partition coefficient (Wildman–Crippen LogP) is 2.49. The van der Waals surface area contributed by atoms with Crippen LogP contribution in [0.25, 0.3) is 0 Å². The quantitative estimate of drug-likeness (QED) is 0.718. The van der Waals surface area contributed by atoms with Crippen molar-refractivity contribution in [1.29, 1.82) is 0 Å². The average molecular weight is 217 g/mol. The van der Waals surface area contributed by atoms with E-state index in [1.54, 1.807) is 0 Å². The Balaban J connectivity index is 0. The molecule has 14 heavy (non-hydrogen) atoms. The standard InChI is InChI=1S/C8H10FP.C2H6.CH5N/c1-2-6-3-4-7(9)8(10)5-6;2*1-2/h3-5H,2,10H2,1H3;1-2H3;2H2,1H3. The van der Waals surface area contributed by atoms with Crippen LogP contribution in [-0.2, 0) is 6.42 Å². The summed E-state index contributed by atoms with van der Waals surface area (Å²) in [7, 11) is 3.88. The zero-order chi connectivity index (χ0) is 11.6. The number of benzene rings is 1. The zero-order valence-electron chi connectivity index (χ0n) is 9.47. The molecule has 1 atom stereocenters. The van der Waals surface area contributed by atoms with Crippen LogP contribution in [0.3, 0.4) is 0 Å². The molecule has 0 heterocycles. The minimum absolute atomic E-state index is 0.151. The third-order valence-corrected chi connectivity index (χ3v) is 1.91.